The molecule has 0 saturated carbocycles. The van der Waals surface area contributed by atoms with Crippen LogP contribution in [-0.4, -0.2) is 163 Å². The molecule has 11 heterocycles. The van der Waals surface area contributed by atoms with Gasteiger partial charge in [0.25, 0.3) is 0 Å². The minimum atomic E-state index is -3.78. The van der Waals surface area contributed by atoms with Gasteiger partial charge in [-0.05, 0) is 96.1 Å². The lowest BCUT2D eigenvalue weighted by Crippen LogP contribution is -2.58. The molecule has 9 aromatic heterocycles. The van der Waals surface area contributed by atoms with Crippen LogP contribution in [0.15, 0.2) is 110 Å². The van der Waals surface area contributed by atoms with Crippen molar-refractivity contribution in [2.45, 2.75) is 76.0 Å². The molecule has 3 atom stereocenters. The quantitative estimate of drug-likeness (QED) is 0.0313. The molecule has 40 heteroatoms. The van der Waals surface area contributed by atoms with Crippen molar-refractivity contribution < 1.29 is 55.0 Å². The maximum Gasteiger partial charge on any atom is 0.413 e. The number of aromatic nitrogens is 15. The molecule has 8 N–H and O–H groups in total. The van der Waals surface area contributed by atoms with E-state index in [-0.39, 0.29) is 51.6 Å². The average molecular weight is 1460 g/mol. The second-order valence-electron chi connectivity index (χ2n) is 22.8. The van der Waals surface area contributed by atoms with Gasteiger partial charge in [-0.15, -0.1) is 15.3 Å². The SMILES string of the molecule is C[C@@H](OC(=O)Nc1c(-c2ccc(N)cn2)nnn1C)c1cccnc1Cl.C[C@@H](OC(=O)Nc1c(-c2ccc(NS(=O)(=O)C3CN(C(=O)OC(C)(C)C)C3)cn2)nnn1C)c1cccnc1Cl.C[C@@H](OC(=O)Nc1c(-c2ccc(NS(=O)(=O)C3CNC3)cn2)nnn1C)c1cccnc1Cl. The molecule has 0 radical (unpaired) electrons. The maximum atomic E-state index is 12.8. The van der Waals surface area contributed by atoms with Gasteiger partial charge < -0.3 is 34.9 Å². The number of halogens is 3. The van der Waals surface area contributed by atoms with Crippen LogP contribution in [0.4, 0.5) is 53.7 Å². The number of ether oxygens (including phenoxy) is 4. The van der Waals surface area contributed by atoms with Crippen LogP contribution in [0.5, 0.6) is 0 Å². The Kier molecular flexibility index (Phi) is 23.1. The number of aryl methyl sites for hydroxylation is 3. The minimum absolute atomic E-state index is 0.0199. The van der Waals surface area contributed by atoms with Gasteiger partial charge in [0.05, 0.1) is 52.7 Å². The van der Waals surface area contributed by atoms with Crippen LogP contribution in [0.2, 0.25) is 15.5 Å². The summed E-state index contributed by atoms with van der Waals surface area (Å²) >= 11 is 18.2. The van der Waals surface area contributed by atoms with Gasteiger partial charge >= 0.3 is 24.4 Å². The topological polar surface area (TPSA) is 444 Å². The van der Waals surface area contributed by atoms with Gasteiger partial charge in [0.15, 0.2) is 34.5 Å². The molecule has 4 amide bonds. The number of nitrogens with one attached hydrogen (secondary N) is 6. The lowest BCUT2D eigenvalue weighted by atomic mass is 10.2. The van der Waals surface area contributed by atoms with E-state index in [1.807, 2.05) is 0 Å². The Morgan fingerprint density at radius 2 is 0.889 bits per heavy atom. The fourth-order valence-electron chi connectivity index (χ4n) is 8.99. The third-order valence-corrected chi connectivity index (χ3v) is 18.7. The number of carbonyl (C=O) groups excluding carboxylic acids is 4. The minimum Gasteiger partial charge on any atom is -0.444 e. The lowest BCUT2D eigenvalue weighted by Gasteiger charge is -2.39. The Bertz CT molecular complexity index is 4590. The summed E-state index contributed by atoms with van der Waals surface area (Å²) < 4.78 is 80.6. The standard InChI is InChI=1S/C24H29ClN8O6S.C19H21ClN8O4S.C16H16ClN7O2/c1-14(17-7-6-10-26-20(17)25)38-22(34)28-21-19(29-31-32(21)5)18-9-8-15(11-27-18)30-40(36,37)16-12-33(13-16)23(35)39-24(2,3)4;1-11(14-4-3-7-22-17(14)20)32-19(29)24-18-16(25-27-28(18)2)15-6-5-12(8-23-15)26-33(30,31)13-9-21-10-13;1-9(11-4-3-7-19-14(11)17)26-16(25)21-15-13(22-23-24(15)2)12-6-5-10(18)8-20-12/h6-11,14,16,30H,12-13H2,1-5H3,(H,28,34);3-8,11,13,21,26H,9-10H2,1-2H3,(H,24,29);3-9H,18H2,1-2H3,(H,21,25)/t14-;11-;9-/m111/s1. The normalized spacial score (nSPS) is 14.0. The zero-order chi connectivity index (χ0) is 71.5. The van der Waals surface area contributed by atoms with E-state index in [9.17, 15) is 36.0 Å². The molecule has 99 heavy (non-hydrogen) atoms. The number of nitrogens with zero attached hydrogens (tertiary/aromatic N) is 16. The van der Waals surface area contributed by atoms with Gasteiger partial charge in [-0.25, -0.2) is 65.0 Å². The molecule has 2 fully saturated rings. The number of nitrogen functional groups attached to an aromatic ring is 1. The summed E-state index contributed by atoms with van der Waals surface area (Å²) in [5.74, 6) is 0.814. The van der Waals surface area contributed by atoms with Gasteiger partial charge in [0, 0.05) is 82.6 Å². The van der Waals surface area contributed by atoms with E-state index in [4.69, 9.17) is 59.5 Å². The molecule has 2 saturated heterocycles. The Morgan fingerprint density at radius 3 is 1.19 bits per heavy atom. The highest BCUT2D eigenvalue weighted by Gasteiger charge is 2.42. The van der Waals surface area contributed by atoms with Gasteiger partial charge in [0.2, 0.25) is 20.0 Å². The monoisotopic (exact) mass is 1460 g/mol. The van der Waals surface area contributed by atoms with E-state index in [2.05, 4.69) is 91.6 Å². The molecule has 35 nitrogen and oxygen atoms in total. The first-order valence-electron chi connectivity index (χ1n) is 29.7. The molecule has 9 aromatic rings. The van der Waals surface area contributed by atoms with Crippen molar-refractivity contribution in [2.24, 2.45) is 21.1 Å². The molecule has 522 valence electrons. The van der Waals surface area contributed by atoms with E-state index < -0.39 is 78.8 Å². The molecular weight excluding hydrogens is 1390 g/mol. The number of anilines is 6. The number of carbonyl (C=O) groups is 4. The Morgan fingerprint density at radius 1 is 0.535 bits per heavy atom. The molecule has 2 aliphatic heterocycles. The first-order chi connectivity index (χ1) is 46.9. The van der Waals surface area contributed by atoms with Crippen LogP contribution in [-0.2, 0) is 60.1 Å². The second-order valence-corrected chi connectivity index (χ2v) is 27.8. The third-order valence-electron chi connectivity index (χ3n) is 14.4. The largest absolute Gasteiger partial charge is 0.444 e. The number of hydrogen-bond acceptors (Lipinski definition) is 26. The van der Waals surface area contributed by atoms with Crippen LogP contribution in [0.3, 0.4) is 0 Å². The van der Waals surface area contributed by atoms with Crippen molar-refractivity contribution in [3.8, 4) is 34.2 Å². The summed E-state index contributed by atoms with van der Waals surface area (Å²) in [4.78, 5) is 75.4. The molecule has 0 bridgehead atoms. The zero-order valence-corrected chi connectivity index (χ0v) is 58.1. The average Bonchev–Trinajstić information content (AvgIpc) is 1.45. The van der Waals surface area contributed by atoms with Crippen molar-refractivity contribution in [1.82, 2.24) is 85.1 Å². The smallest absolute Gasteiger partial charge is 0.413 e. The van der Waals surface area contributed by atoms with Crippen molar-refractivity contribution in [1.29, 1.82) is 0 Å². The van der Waals surface area contributed by atoms with Crippen molar-refractivity contribution in [2.75, 3.05) is 57.3 Å². The summed E-state index contributed by atoms with van der Waals surface area (Å²) in [7, 11) is -2.44. The Balaban J connectivity index is 0.000000177. The molecule has 0 aliphatic carbocycles. The lowest BCUT2D eigenvalue weighted by molar-refractivity contribution is 0.0139. The molecule has 11 rings (SSSR count). The van der Waals surface area contributed by atoms with E-state index in [0.29, 0.717) is 75.4 Å². The highest BCUT2D eigenvalue weighted by molar-refractivity contribution is 7.93. The third kappa shape index (κ3) is 18.8. The van der Waals surface area contributed by atoms with Crippen molar-refractivity contribution in [3.63, 3.8) is 0 Å². The fourth-order valence-corrected chi connectivity index (χ4v) is 12.5. The summed E-state index contributed by atoms with van der Waals surface area (Å²) in [6, 6.07) is 19.8. The van der Waals surface area contributed by atoms with E-state index in [1.54, 1.807) is 136 Å². The Labute approximate surface area is 581 Å². The molecule has 0 spiro atoms. The maximum absolute atomic E-state index is 12.8. The van der Waals surface area contributed by atoms with Gasteiger partial charge in [-0.3, -0.25) is 40.3 Å². The van der Waals surface area contributed by atoms with E-state index in [0.717, 1.165) is 0 Å². The summed E-state index contributed by atoms with van der Waals surface area (Å²) in [6.45, 7) is 11.1. The van der Waals surface area contributed by atoms with Crippen LogP contribution in [0.1, 0.15) is 76.5 Å². The molecule has 0 aromatic carbocycles. The fraction of sp³-hybridized carbons (Fsp3) is 0.322. The Hall–Kier alpha value is -10.5. The number of pyridine rings is 6. The van der Waals surface area contributed by atoms with Crippen molar-refractivity contribution >= 4 is 114 Å². The van der Waals surface area contributed by atoms with E-state index >= 15 is 0 Å². The first kappa shape index (κ1) is 72.8. The van der Waals surface area contributed by atoms with Crippen LogP contribution in [0, 0.1) is 0 Å². The van der Waals surface area contributed by atoms with E-state index in [1.165, 1.54) is 55.9 Å². The number of hydrogen-bond donors (Lipinski definition) is 7. The summed E-state index contributed by atoms with van der Waals surface area (Å²) in [5, 5.41) is 34.2. The van der Waals surface area contributed by atoms with Gasteiger partial charge in [-0.1, -0.05) is 68.6 Å². The summed E-state index contributed by atoms with van der Waals surface area (Å²) in [5.41, 5.74) is 9.92. The van der Waals surface area contributed by atoms with Gasteiger partial charge in [0.1, 0.15) is 49.9 Å². The predicted octanol–water partition coefficient (Wildman–Crippen LogP) is 8.36. The molecule has 2 aliphatic rings. The number of amides is 4. The highest BCUT2D eigenvalue weighted by Crippen LogP contribution is 2.32. The number of rotatable bonds is 18. The van der Waals surface area contributed by atoms with Crippen LogP contribution < -0.4 is 36.4 Å². The van der Waals surface area contributed by atoms with Crippen LogP contribution in [0.25, 0.3) is 34.2 Å². The summed E-state index contributed by atoms with van der Waals surface area (Å²) in [6.07, 6.45) is 4.16. The number of nitrogens with two attached hydrogens (primary N) is 1. The van der Waals surface area contributed by atoms with Crippen molar-refractivity contribution in [3.05, 3.63) is 142 Å². The molecular formula is C59H66Cl3N23O12S2. The second kappa shape index (κ2) is 31.4. The first-order valence-corrected chi connectivity index (χ1v) is 34.0. The van der Waals surface area contributed by atoms with Gasteiger partial charge in [-0.2, -0.15) is 0 Å². The number of sulfonamides is 2. The van der Waals surface area contributed by atoms with Crippen LogP contribution >= 0.6 is 34.8 Å². The highest BCUT2D eigenvalue weighted by atomic mass is 35.5. The number of likely N-dealkylation sites (tertiary alicyclic amines) is 1. The molecule has 0 unspecified atom stereocenters. The zero-order valence-electron chi connectivity index (χ0n) is 54.2. The predicted molar refractivity (Wildman–Crippen MR) is 364 cm³/mol.